The van der Waals surface area contributed by atoms with Crippen LogP contribution < -0.4 is 5.32 Å². The molecule has 9 nitrogen and oxygen atoms in total. The van der Waals surface area contributed by atoms with E-state index in [1.165, 1.54) is 6.92 Å². The first-order valence-electron chi connectivity index (χ1n) is 9.26. The third-order valence-corrected chi connectivity index (χ3v) is 6.94. The average molecular weight is 432 g/mol. The van der Waals surface area contributed by atoms with Crippen molar-refractivity contribution >= 4 is 43.0 Å². The van der Waals surface area contributed by atoms with Gasteiger partial charge in [0.1, 0.15) is 17.6 Å². The summed E-state index contributed by atoms with van der Waals surface area (Å²) in [6.45, 7) is 2.54. The van der Waals surface area contributed by atoms with Gasteiger partial charge in [0.25, 0.3) is 5.91 Å². The van der Waals surface area contributed by atoms with Crippen LogP contribution in [0, 0.1) is 0 Å². The molecule has 0 aromatic heterocycles. The largest absolute Gasteiger partial charge is 0.614 e. The number of nitrogens with one attached hydrogen (secondary N) is 1. The molecule has 2 aliphatic heterocycles. The quantitative estimate of drug-likeness (QED) is 0.263. The number of rotatable bonds is 6. The number of hydrogen-bond acceptors (Lipinski definition) is 7. The molecule has 1 N–H and O–H groups in total. The molecule has 2 aliphatic rings. The van der Waals surface area contributed by atoms with Gasteiger partial charge in [-0.25, -0.2) is 4.79 Å². The van der Waals surface area contributed by atoms with Crippen molar-refractivity contribution < 1.29 is 33.1 Å². The van der Waals surface area contributed by atoms with Gasteiger partial charge in [-0.2, -0.15) is 0 Å². The summed E-state index contributed by atoms with van der Waals surface area (Å²) in [5.41, 5.74) is 0.930. The molecular weight excluding hydrogens is 411 g/mol. The minimum atomic E-state index is -1.64. The smallest absolute Gasteiger partial charge is 0.337 e. The standard InChI is InChI=1S/C19H21BN2O7S/c1-10-13(9-28-11(2)23)16(19(26)29-20)22-17(25)15(18(22)30(10)27)21-14(24)8-12-6-4-3-5-7-12/h3-7,10,15,18H,8-9,20H2,1-2H3,(H,21,24)/t10-,15+,18+,30?/m0/s1. The summed E-state index contributed by atoms with van der Waals surface area (Å²) in [5.74, 6) is -2.33. The van der Waals surface area contributed by atoms with Crippen molar-refractivity contribution in [3.8, 4) is 0 Å². The van der Waals surface area contributed by atoms with Crippen molar-refractivity contribution in [3.05, 3.63) is 47.2 Å². The Hall–Kier alpha value is -2.79. The fourth-order valence-electron chi connectivity index (χ4n) is 3.47. The Morgan fingerprint density at radius 3 is 2.53 bits per heavy atom. The van der Waals surface area contributed by atoms with Gasteiger partial charge in [-0.3, -0.25) is 19.3 Å². The zero-order valence-corrected chi connectivity index (χ0v) is 17.6. The Morgan fingerprint density at radius 2 is 1.93 bits per heavy atom. The Kier molecular flexibility index (Phi) is 6.52. The van der Waals surface area contributed by atoms with Crippen LogP contribution in [-0.4, -0.2) is 64.5 Å². The first kappa shape index (κ1) is 21.9. The number of carbonyl (C=O) groups is 4. The molecule has 11 heteroatoms. The monoisotopic (exact) mass is 432 g/mol. The number of benzene rings is 1. The first-order chi connectivity index (χ1) is 14.3. The number of hydrogen-bond donors (Lipinski definition) is 1. The molecular formula is C19H21BN2O7S. The molecule has 2 amide bonds. The van der Waals surface area contributed by atoms with Crippen LogP contribution in [0.15, 0.2) is 41.6 Å². The van der Waals surface area contributed by atoms with Crippen molar-refractivity contribution in [1.29, 1.82) is 0 Å². The van der Waals surface area contributed by atoms with Crippen LogP contribution in [0.1, 0.15) is 19.4 Å². The first-order valence-corrected chi connectivity index (χ1v) is 10.5. The number of esters is 1. The van der Waals surface area contributed by atoms with Gasteiger partial charge >= 0.3 is 20.0 Å². The number of nitrogens with zero attached hydrogens (tertiary/aromatic N) is 1. The third-order valence-electron chi connectivity index (χ3n) is 5.00. The summed E-state index contributed by atoms with van der Waals surface area (Å²) >= 11 is -1.64. The van der Waals surface area contributed by atoms with E-state index >= 15 is 0 Å². The zero-order chi connectivity index (χ0) is 22.0. The second-order valence-corrected chi connectivity index (χ2v) is 8.77. The summed E-state index contributed by atoms with van der Waals surface area (Å²) in [7, 11) is 1.16. The molecule has 3 rings (SSSR count). The average Bonchev–Trinajstić information content (AvgIpc) is 2.72. The summed E-state index contributed by atoms with van der Waals surface area (Å²) in [6, 6.07) is 7.99. The number of β-lactam (4-membered cyclic amide) rings is 1. The summed E-state index contributed by atoms with van der Waals surface area (Å²) in [5, 5.41) is 1.04. The highest BCUT2D eigenvalue weighted by atomic mass is 32.2. The van der Waals surface area contributed by atoms with Gasteiger partial charge < -0.3 is 19.3 Å². The maximum absolute atomic E-state index is 13.0. The van der Waals surface area contributed by atoms with Crippen LogP contribution in [0.3, 0.4) is 0 Å². The molecule has 4 atom stereocenters. The minimum Gasteiger partial charge on any atom is -0.614 e. The van der Waals surface area contributed by atoms with Crippen LogP contribution >= 0.6 is 0 Å². The Balaban J connectivity index is 1.83. The Bertz CT molecular complexity index is 907. The molecule has 0 bridgehead atoms. The SMILES string of the molecule is BOC(=O)C1=C(COC(C)=O)[C@H](C)[S+]([O-])[C@@H]2[C@H](NC(=O)Cc3ccccc3)C(=O)N12. The lowest BCUT2D eigenvalue weighted by Gasteiger charge is -2.51. The van der Waals surface area contributed by atoms with Crippen molar-refractivity contribution in [1.82, 2.24) is 10.2 Å². The normalized spacial score (nSPS) is 25.2. The molecule has 0 saturated carbocycles. The van der Waals surface area contributed by atoms with E-state index in [0.29, 0.717) is 0 Å². The second kappa shape index (κ2) is 8.92. The molecule has 0 spiro atoms. The van der Waals surface area contributed by atoms with E-state index in [2.05, 4.69) is 5.32 Å². The molecule has 30 heavy (non-hydrogen) atoms. The van der Waals surface area contributed by atoms with Crippen molar-refractivity contribution in [2.45, 2.75) is 36.9 Å². The van der Waals surface area contributed by atoms with Gasteiger partial charge in [-0.15, -0.1) is 0 Å². The summed E-state index contributed by atoms with van der Waals surface area (Å²) < 4.78 is 22.8. The van der Waals surface area contributed by atoms with E-state index in [9.17, 15) is 23.7 Å². The van der Waals surface area contributed by atoms with Gasteiger partial charge in [-0.1, -0.05) is 30.3 Å². The van der Waals surface area contributed by atoms with Gasteiger partial charge in [-0.05, 0) is 23.7 Å². The molecule has 1 fully saturated rings. The number of carbonyl (C=O) groups excluding carboxylic acids is 4. The van der Waals surface area contributed by atoms with Crippen LogP contribution in [0.2, 0.25) is 0 Å². The van der Waals surface area contributed by atoms with Crippen molar-refractivity contribution in [3.63, 3.8) is 0 Å². The number of amides is 2. The van der Waals surface area contributed by atoms with E-state index in [1.54, 1.807) is 31.2 Å². The number of fused-ring (bicyclic) bond motifs is 1. The van der Waals surface area contributed by atoms with E-state index in [4.69, 9.17) is 9.39 Å². The summed E-state index contributed by atoms with van der Waals surface area (Å²) in [4.78, 5) is 49.8. The molecule has 0 aliphatic carbocycles. The van der Waals surface area contributed by atoms with Crippen LogP contribution in [-0.2, 0) is 46.2 Å². The van der Waals surface area contributed by atoms with Crippen molar-refractivity contribution in [2.75, 3.05) is 6.61 Å². The highest BCUT2D eigenvalue weighted by molar-refractivity contribution is 7.93. The minimum absolute atomic E-state index is 0.0664. The van der Waals surface area contributed by atoms with Crippen LogP contribution in [0.25, 0.3) is 0 Å². The second-order valence-electron chi connectivity index (χ2n) is 6.92. The lowest BCUT2D eigenvalue weighted by atomic mass is 10.0. The third kappa shape index (κ3) is 4.08. The van der Waals surface area contributed by atoms with E-state index < -0.39 is 51.6 Å². The molecule has 158 valence electrons. The van der Waals surface area contributed by atoms with E-state index in [0.717, 1.165) is 18.5 Å². The molecule has 2 heterocycles. The van der Waals surface area contributed by atoms with Gasteiger partial charge in [0, 0.05) is 6.92 Å². The lowest BCUT2D eigenvalue weighted by Crippen LogP contribution is -2.76. The van der Waals surface area contributed by atoms with Gasteiger partial charge in [0.2, 0.25) is 11.3 Å². The Labute approximate surface area is 177 Å². The van der Waals surface area contributed by atoms with Gasteiger partial charge in [0.05, 0.1) is 12.0 Å². The lowest BCUT2D eigenvalue weighted by molar-refractivity contribution is -0.150. The highest BCUT2D eigenvalue weighted by Gasteiger charge is 2.63. The summed E-state index contributed by atoms with van der Waals surface area (Å²) in [6.07, 6.45) is 0.0664. The van der Waals surface area contributed by atoms with Crippen LogP contribution in [0.4, 0.5) is 0 Å². The molecule has 1 aromatic carbocycles. The predicted octanol–water partition coefficient (Wildman–Crippen LogP) is -1.06. The van der Waals surface area contributed by atoms with E-state index in [1.807, 2.05) is 6.07 Å². The number of ether oxygens (including phenoxy) is 1. The maximum atomic E-state index is 13.0. The molecule has 1 saturated heterocycles. The highest BCUT2D eigenvalue weighted by Crippen LogP contribution is 2.40. The maximum Gasteiger partial charge on any atom is 0.337 e. The van der Waals surface area contributed by atoms with Gasteiger partial charge in [0.15, 0.2) is 6.04 Å². The molecule has 1 aromatic rings. The fraction of sp³-hybridized carbons (Fsp3) is 0.368. The van der Waals surface area contributed by atoms with Crippen molar-refractivity contribution in [2.24, 2.45) is 0 Å². The zero-order valence-electron chi connectivity index (χ0n) is 16.7. The molecule has 0 radical (unpaired) electrons. The molecule has 1 unspecified atom stereocenters. The Morgan fingerprint density at radius 1 is 1.27 bits per heavy atom. The van der Waals surface area contributed by atoms with Crippen LogP contribution in [0.5, 0.6) is 0 Å². The predicted molar refractivity (Wildman–Crippen MR) is 109 cm³/mol. The topological polar surface area (TPSA) is 125 Å². The van der Waals surface area contributed by atoms with E-state index in [-0.39, 0.29) is 24.3 Å². The fourth-order valence-corrected chi connectivity index (χ4v) is 5.21.